The van der Waals surface area contributed by atoms with Gasteiger partial charge >= 0.3 is 6.03 Å². The first-order valence-electron chi connectivity index (χ1n) is 4.09. The predicted octanol–water partition coefficient (Wildman–Crippen LogP) is -1.93. The molecule has 0 radical (unpaired) electrons. The predicted molar refractivity (Wildman–Crippen MR) is 50.6 cm³/mol. The lowest BCUT2D eigenvalue weighted by molar-refractivity contribution is -0.124. The van der Waals surface area contributed by atoms with E-state index < -0.39 is 6.03 Å². The molecule has 0 saturated carbocycles. The van der Waals surface area contributed by atoms with Gasteiger partial charge in [0, 0.05) is 0 Å². The maximum absolute atomic E-state index is 11.4. The minimum absolute atomic E-state index is 0.112. The van der Waals surface area contributed by atoms with E-state index in [1.54, 1.807) is 19.0 Å². The molecule has 0 saturated heterocycles. The Morgan fingerprint density at radius 2 is 2.36 bits per heavy atom. The Morgan fingerprint density at radius 1 is 1.71 bits per heavy atom. The zero-order chi connectivity index (χ0) is 10.7. The number of guanidine groups is 1. The fourth-order valence-electron chi connectivity index (χ4n) is 1.09. The SMILES string of the molecule is CN(C)C1CN=C(NC(N)=O)NC1=O. The lowest BCUT2D eigenvalue weighted by Crippen LogP contribution is -2.56. The third-order valence-corrected chi connectivity index (χ3v) is 1.83. The van der Waals surface area contributed by atoms with Crippen molar-refractivity contribution in [1.29, 1.82) is 0 Å². The standard InChI is InChI=1S/C7H13N5O2/c1-12(2)4-3-9-7(10-5(4)13)11-6(8)14/h4H,3H2,1-2H3,(H4,8,9,10,11,13,14). The molecule has 1 aliphatic rings. The van der Waals surface area contributed by atoms with Crippen LogP contribution in [0, 0.1) is 0 Å². The molecule has 3 amide bonds. The lowest BCUT2D eigenvalue weighted by atomic mass is 10.2. The minimum Gasteiger partial charge on any atom is -0.351 e. The van der Waals surface area contributed by atoms with E-state index in [0.29, 0.717) is 6.54 Å². The smallest absolute Gasteiger partial charge is 0.318 e. The van der Waals surface area contributed by atoms with E-state index in [2.05, 4.69) is 15.6 Å². The van der Waals surface area contributed by atoms with Gasteiger partial charge in [-0.3, -0.25) is 25.3 Å². The number of rotatable bonds is 1. The van der Waals surface area contributed by atoms with Gasteiger partial charge in [0.05, 0.1) is 6.54 Å². The summed E-state index contributed by atoms with van der Waals surface area (Å²) in [5.74, 6) is -0.0886. The van der Waals surface area contributed by atoms with Crippen LogP contribution in [0.2, 0.25) is 0 Å². The Kier molecular flexibility index (Phi) is 3.03. The number of hydrogen-bond donors (Lipinski definition) is 3. The van der Waals surface area contributed by atoms with Gasteiger partial charge in [-0.25, -0.2) is 4.79 Å². The highest BCUT2D eigenvalue weighted by atomic mass is 16.2. The van der Waals surface area contributed by atoms with Gasteiger partial charge in [0.2, 0.25) is 11.9 Å². The molecule has 1 unspecified atom stereocenters. The van der Waals surface area contributed by atoms with E-state index in [9.17, 15) is 9.59 Å². The van der Waals surface area contributed by atoms with Gasteiger partial charge in [-0.05, 0) is 14.1 Å². The van der Waals surface area contributed by atoms with Gasteiger partial charge in [-0.1, -0.05) is 0 Å². The van der Waals surface area contributed by atoms with Crippen LogP contribution in [0.3, 0.4) is 0 Å². The summed E-state index contributed by atoms with van der Waals surface area (Å²) < 4.78 is 0. The summed E-state index contributed by atoms with van der Waals surface area (Å²) in [7, 11) is 3.57. The van der Waals surface area contributed by atoms with Gasteiger partial charge in [-0.15, -0.1) is 0 Å². The Hall–Kier alpha value is -1.63. The van der Waals surface area contributed by atoms with E-state index in [1.165, 1.54) is 0 Å². The van der Waals surface area contributed by atoms with E-state index in [4.69, 9.17) is 5.73 Å². The van der Waals surface area contributed by atoms with Crippen LogP contribution in [0.1, 0.15) is 0 Å². The molecule has 0 aliphatic carbocycles. The van der Waals surface area contributed by atoms with Crippen LogP contribution in [0.25, 0.3) is 0 Å². The number of nitrogens with one attached hydrogen (secondary N) is 2. The molecule has 4 N–H and O–H groups in total. The Bertz CT molecular complexity index is 286. The fraction of sp³-hybridized carbons (Fsp3) is 0.571. The molecule has 0 bridgehead atoms. The molecule has 7 heteroatoms. The van der Waals surface area contributed by atoms with Gasteiger partial charge in [0.15, 0.2) is 0 Å². The van der Waals surface area contributed by atoms with E-state index >= 15 is 0 Å². The molecule has 0 aromatic rings. The molecule has 0 spiro atoms. The maximum Gasteiger partial charge on any atom is 0.318 e. The lowest BCUT2D eigenvalue weighted by Gasteiger charge is -2.25. The molecule has 1 rings (SSSR count). The third kappa shape index (κ3) is 2.43. The van der Waals surface area contributed by atoms with Crippen molar-refractivity contribution in [1.82, 2.24) is 15.5 Å². The van der Waals surface area contributed by atoms with E-state index in [0.717, 1.165) is 0 Å². The number of carbonyl (C=O) groups is 2. The van der Waals surface area contributed by atoms with Crippen molar-refractivity contribution in [2.75, 3.05) is 20.6 Å². The first kappa shape index (κ1) is 10.5. The highest BCUT2D eigenvalue weighted by Gasteiger charge is 2.25. The summed E-state index contributed by atoms with van der Waals surface area (Å²) in [6, 6.07) is -1.04. The first-order valence-corrected chi connectivity index (χ1v) is 4.09. The fourth-order valence-corrected chi connectivity index (χ4v) is 1.09. The monoisotopic (exact) mass is 199 g/mol. The average molecular weight is 199 g/mol. The molecule has 0 fully saturated rings. The van der Waals surface area contributed by atoms with Crippen LogP contribution >= 0.6 is 0 Å². The van der Waals surface area contributed by atoms with Crippen LogP contribution in [-0.2, 0) is 4.79 Å². The summed E-state index contributed by atoms with van der Waals surface area (Å²) >= 11 is 0. The van der Waals surface area contributed by atoms with Gasteiger partial charge in [-0.2, -0.15) is 0 Å². The summed E-state index contributed by atoms with van der Waals surface area (Å²) in [5.41, 5.74) is 4.87. The minimum atomic E-state index is -0.743. The van der Waals surface area contributed by atoms with Crippen molar-refractivity contribution >= 4 is 17.9 Å². The van der Waals surface area contributed by atoms with Crippen LogP contribution in [0.15, 0.2) is 4.99 Å². The van der Waals surface area contributed by atoms with E-state index in [-0.39, 0.29) is 17.9 Å². The molecule has 1 heterocycles. The average Bonchev–Trinajstić information content (AvgIpc) is 2.01. The Balaban J connectivity index is 2.63. The van der Waals surface area contributed by atoms with Gasteiger partial charge in [0.1, 0.15) is 6.04 Å². The summed E-state index contributed by atoms with van der Waals surface area (Å²) in [5, 5.41) is 4.65. The number of nitrogens with two attached hydrogens (primary N) is 1. The van der Waals surface area contributed by atoms with Gasteiger partial charge < -0.3 is 5.73 Å². The van der Waals surface area contributed by atoms with Crippen molar-refractivity contribution in [2.24, 2.45) is 10.7 Å². The molecule has 78 valence electrons. The van der Waals surface area contributed by atoms with E-state index in [1.807, 2.05) is 0 Å². The second-order valence-electron chi connectivity index (χ2n) is 3.15. The Labute approximate surface area is 81.3 Å². The molecule has 1 aliphatic heterocycles. The summed E-state index contributed by atoms with van der Waals surface area (Å²) in [6.07, 6.45) is 0. The van der Waals surface area contributed by atoms with Crippen LogP contribution in [0.5, 0.6) is 0 Å². The molecule has 0 aromatic carbocycles. The van der Waals surface area contributed by atoms with Crippen LogP contribution in [-0.4, -0.2) is 49.5 Å². The number of likely N-dealkylation sites (N-methyl/N-ethyl adjacent to an activating group) is 1. The Morgan fingerprint density at radius 3 is 2.79 bits per heavy atom. The largest absolute Gasteiger partial charge is 0.351 e. The summed E-state index contributed by atoms with van der Waals surface area (Å²) in [6.45, 7) is 0.314. The van der Waals surface area contributed by atoms with Crippen molar-refractivity contribution in [2.45, 2.75) is 6.04 Å². The first-order chi connectivity index (χ1) is 6.50. The summed E-state index contributed by atoms with van der Waals surface area (Å²) in [4.78, 5) is 27.6. The highest BCUT2D eigenvalue weighted by molar-refractivity contribution is 6.06. The van der Waals surface area contributed by atoms with Crippen molar-refractivity contribution in [3.63, 3.8) is 0 Å². The molecule has 14 heavy (non-hydrogen) atoms. The number of nitrogens with zero attached hydrogens (tertiary/aromatic N) is 2. The number of aliphatic imine (C=N–C) groups is 1. The number of urea groups is 1. The van der Waals surface area contributed by atoms with Crippen molar-refractivity contribution in [3.05, 3.63) is 0 Å². The van der Waals surface area contributed by atoms with Crippen molar-refractivity contribution < 1.29 is 9.59 Å². The zero-order valence-electron chi connectivity index (χ0n) is 8.07. The number of primary amides is 1. The normalized spacial score (nSPS) is 21.5. The van der Waals surface area contributed by atoms with Crippen molar-refractivity contribution in [3.8, 4) is 0 Å². The van der Waals surface area contributed by atoms with Crippen LogP contribution < -0.4 is 16.4 Å². The second-order valence-corrected chi connectivity index (χ2v) is 3.15. The molecular weight excluding hydrogens is 186 g/mol. The van der Waals surface area contributed by atoms with Crippen LogP contribution in [0.4, 0.5) is 4.79 Å². The number of hydrogen-bond acceptors (Lipinski definition) is 4. The topological polar surface area (TPSA) is 99.8 Å². The maximum atomic E-state index is 11.4. The quantitative estimate of drug-likeness (QED) is 0.458. The third-order valence-electron chi connectivity index (χ3n) is 1.83. The molecule has 0 aromatic heterocycles. The highest BCUT2D eigenvalue weighted by Crippen LogP contribution is 1.98. The number of amides is 3. The zero-order valence-corrected chi connectivity index (χ0v) is 8.07. The molecular formula is C7H13N5O2. The second kappa shape index (κ2) is 4.05. The van der Waals surface area contributed by atoms with Gasteiger partial charge in [0.25, 0.3) is 0 Å². The molecule has 1 atom stereocenters. The molecule has 7 nitrogen and oxygen atoms in total. The number of carbonyl (C=O) groups excluding carboxylic acids is 2.